The number of benzene rings is 1. The molecule has 1 aliphatic carbocycles. The summed E-state index contributed by atoms with van der Waals surface area (Å²) in [5.41, 5.74) is 2.96. The zero-order valence-electron chi connectivity index (χ0n) is 16.2. The Kier molecular flexibility index (Phi) is 4.64. The van der Waals surface area contributed by atoms with E-state index in [9.17, 15) is 0 Å². The van der Waals surface area contributed by atoms with Crippen LogP contribution in [0.3, 0.4) is 0 Å². The zero-order chi connectivity index (χ0) is 19.1. The highest BCUT2D eigenvalue weighted by atomic mass is 32.1. The van der Waals surface area contributed by atoms with Crippen molar-refractivity contribution in [2.45, 2.75) is 37.6 Å². The van der Waals surface area contributed by atoms with Gasteiger partial charge in [0.2, 0.25) is 5.88 Å². The van der Waals surface area contributed by atoms with Crippen molar-refractivity contribution >= 4 is 21.6 Å². The van der Waals surface area contributed by atoms with Crippen LogP contribution in [0.25, 0.3) is 21.3 Å². The number of nitrogens with zero attached hydrogens (tertiary/aromatic N) is 4. The Bertz CT molecular complexity index is 993. The molecule has 0 bridgehead atoms. The Balaban J connectivity index is 1.39. The minimum atomic E-state index is 0.305. The molecule has 2 aromatic heterocycles. The van der Waals surface area contributed by atoms with Crippen molar-refractivity contribution in [3.8, 4) is 23.0 Å². The average Bonchev–Trinajstić information content (AvgIpc) is 3.35. The topological polar surface area (TPSA) is 60.4 Å². The van der Waals surface area contributed by atoms with E-state index in [0.717, 1.165) is 22.7 Å². The Hall–Kier alpha value is -2.25. The summed E-state index contributed by atoms with van der Waals surface area (Å²) in [6, 6.07) is 7.40. The Labute approximate surface area is 168 Å². The second-order valence-electron chi connectivity index (χ2n) is 7.58. The highest BCUT2D eigenvalue weighted by Crippen LogP contribution is 2.44. The first-order valence-corrected chi connectivity index (χ1v) is 10.7. The third-order valence-electron chi connectivity index (χ3n) is 5.94. The molecule has 146 valence electrons. The highest BCUT2D eigenvalue weighted by molar-refractivity contribution is 7.18. The molecule has 1 aliphatic heterocycles. The smallest absolute Gasteiger partial charge is 0.319 e. The Morgan fingerprint density at radius 3 is 2.64 bits per heavy atom. The average molecular weight is 397 g/mol. The predicted molar refractivity (Wildman–Crippen MR) is 110 cm³/mol. The standard InChI is InChI=1S/C21H24N4O2S/c1-26-19-16(12-22-21(24-19)27-2)13-5-6-17-18(11-13)28-20(23-17)14-9-15(10-14)25-7-3-4-8-25/h5-6,11-12,14-15H,3-4,7-10H2,1-2H3/t14-,15-. The van der Waals surface area contributed by atoms with Gasteiger partial charge in [-0.1, -0.05) is 6.07 Å². The van der Waals surface area contributed by atoms with Crippen LogP contribution in [0.4, 0.5) is 0 Å². The molecule has 3 aromatic rings. The van der Waals surface area contributed by atoms with Gasteiger partial charge in [-0.05, 0) is 56.5 Å². The van der Waals surface area contributed by atoms with Crippen molar-refractivity contribution in [1.82, 2.24) is 19.9 Å². The fourth-order valence-electron chi connectivity index (χ4n) is 4.28. The summed E-state index contributed by atoms with van der Waals surface area (Å²) >= 11 is 1.82. The van der Waals surface area contributed by atoms with Gasteiger partial charge in [0, 0.05) is 18.2 Å². The Morgan fingerprint density at radius 1 is 1.07 bits per heavy atom. The van der Waals surface area contributed by atoms with E-state index >= 15 is 0 Å². The maximum absolute atomic E-state index is 5.44. The molecule has 6 nitrogen and oxygen atoms in total. The molecule has 1 saturated heterocycles. The summed E-state index contributed by atoms with van der Waals surface area (Å²) < 4.78 is 11.7. The lowest BCUT2D eigenvalue weighted by Gasteiger charge is -2.40. The number of methoxy groups -OCH3 is 2. The fraction of sp³-hybridized carbons (Fsp3) is 0.476. The number of aromatic nitrogens is 3. The lowest BCUT2D eigenvalue weighted by Crippen LogP contribution is -2.42. The van der Waals surface area contributed by atoms with Gasteiger partial charge in [0.1, 0.15) is 0 Å². The van der Waals surface area contributed by atoms with Gasteiger partial charge < -0.3 is 14.4 Å². The van der Waals surface area contributed by atoms with Gasteiger partial charge in [-0.15, -0.1) is 11.3 Å². The molecule has 0 radical (unpaired) electrons. The summed E-state index contributed by atoms with van der Waals surface area (Å²) in [6.07, 6.45) is 6.99. The molecule has 1 saturated carbocycles. The second kappa shape index (κ2) is 7.29. The van der Waals surface area contributed by atoms with Gasteiger partial charge >= 0.3 is 6.01 Å². The fourth-order valence-corrected chi connectivity index (χ4v) is 5.41. The van der Waals surface area contributed by atoms with Crippen molar-refractivity contribution in [2.24, 2.45) is 0 Å². The number of hydrogen-bond acceptors (Lipinski definition) is 7. The molecule has 28 heavy (non-hydrogen) atoms. The summed E-state index contributed by atoms with van der Waals surface area (Å²) in [5.74, 6) is 1.13. The highest BCUT2D eigenvalue weighted by Gasteiger charge is 2.37. The summed E-state index contributed by atoms with van der Waals surface area (Å²) in [7, 11) is 3.16. The van der Waals surface area contributed by atoms with E-state index in [1.165, 1.54) is 48.5 Å². The molecular weight excluding hydrogens is 372 g/mol. The van der Waals surface area contributed by atoms with E-state index < -0.39 is 0 Å². The number of thiazole rings is 1. The molecule has 0 atom stereocenters. The molecular formula is C21H24N4O2S. The van der Waals surface area contributed by atoms with Gasteiger partial charge in [0.15, 0.2) is 0 Å². The SMILES string of the molecule is COc1ncc(-c2ccc3nc([C@H]4C[C@H](N5CCCC5)C4)sc3c2)c(OC)n1. The first-order chi connectivity index (χ1) is 13.7. The predicted octanol–water partition coefficient (Wildman–Crippen LogP) is 4.11. The van der Waals surface area contributed by atoms with E-state index in [0.29, 0.717) is 17.8 Å². The minimum absolute atomic E-state index is 0.305. The molecule has 2 fully saturated rings. The summed E-state index contributed by atoms with van der Waals surface area (Å²) in [6.45, 7) is 2.57. The monoisotopic (exact) mass is 396 g/mol. The molecule has 7 heteroatoms. The normalized spacial score (nSPS) is 22.4. The van der Waals surface area contributed by atoms with Gasteiger partial charge in [-0.25, -0.2) is 9.97 Å². The number of hydrogen-bond donors (Lipinski definition) is 0. The Morgan fingerprint density at radius 2 is 1.89 bits per heavy atom. The van der Waals surface area contributed by atoms with Crippen LogP contribution in [0.2, 0.25) is 0 Å². The van der Waals surface area contributed by atoms with Crippen molar-refractivity contribution in [3.05, 3.63) is 29.4 Å². The molecule has 0 spiro atoms. The van der Waals surface area contributed by atoms with Crippen LogP contribution < -0.4 is 9.47 Å². The van der Waals surface area contributed by atoms with Gasteiger partial charge in [-0.3, -0.25) is 0 Å². The van der Waals surface area contributed by atoms with Gasteiger partial charge in [-0.2, -0.15) is 4.98 Å². The quantitative estimate of drug-likeness (QED) is 0.647. The van der Waals surface area contributed by atoms with Crippen LogP contribution in [0.1, 0.15) is 36.6 Å². The van der Waals surface area contributed by atoms with E-state index in [1.54, 1.807) is 20.4 Å². The minimum Gasteiger partial charge on any atom is -0.480 e. The van der Waals surface area contributed by atoms with Gasteiger partial charge in [0.05, 0.1) is 35.0 Å². The third-order valence-corrected chi connectivity index (χ3v) is 7.12. The van der Waals surface area contributed by atoms with Crippen LogP contribution >= 0.6 is 11.3 Å². The maximum atomic E-state index is 5.44. The largest absolute Gasteiger partial charge is 0.480 e. The lowest BCUT2D eigenvalue weighted by atomic mass is 9.80. The third kappa shape index (κ3) is 3.12. The zero-order valence-corrected chi connectivity index (χ0v) is 17.0. The molecule has 5 rings (SSSR count). The van der Waals surface area contributed by atoms with E-state index in [-0.39, 0.29) is 0 Å². The van der Waals surface area contributed by atoms with Crippen LogP contribution in [-0.4, -0.2) is 53.2 Å². The molecule has 3 heterocycles. The van der Waals surface area contributed by atoms with E-state index in [2.05, 4.69) is 33.1 Å². The molecule has 0 amide bonds. The number of rotatable bonds is 5. The van der Waals surface area contributed by atoms with Crippen molar-refractivity contribution in [3.63, 3.8) is 0 Å². The molecule has 2 aliphatic rings. The second-order valence-corrected chi connectivity index (χ2v) is 8.64. The first kappa shape index (κ1) is 17.8. The lowest BCUT2D eigenvalue weighted by molar-refractivity contribution is 0.136. The molecule has 0 N–H and O–H groups in total. The number of fused-ring (bicyclic) bond motifs is 1. The van der Waals surface area contributed by atoms with Crippen LogP contribution in [0.5, 0.6) is 11.9 Å². The summed E-state index contributed by atoms with van der Waals surface area (Å²) in [5, 5.41) is 1.28. The summed E-state index contributed by atoms with van der Waals surface area (Å²) in [4.78, 5) is 16.1. The van der Waals surface area contributed by atoms with Crippen molar-refractivity contribution < 1.29 is 9.47 Å². The van der Waals surface area contributed by atoms with Crippen molar-refractivity contribution in [1.29, 1.82) is 0 Å². The molecule has 0 unspecified atom stereocenters. The molecule has 1 aromatic carbocycles. The van der Waals surface area contributed by atoms with E-state index in [4.69, 9.17) is 14.5 Å². The number of ether oxygens (including phenoxy) is 2. The first-order valence-electron chi connectivity index (χ1n) is 9.85. The van der Waals surface area contributed by atoms with Crippen LogP contribution in [0, 0.1) is 0 Å². The number of likely N-dealkylation sites (tertiary alicyclic amines) is 1. The maximum Gasteiger partial charge on any atom is 0.319 e. The van der Waals surface area contributed by atoms with Gasteiger partial charge in [0.25, 0.3) is 0 Å². The van der Waals surface area contributed by atoms with Crippen molar-refractivity contribution in [2.75, 3.05) is 27.3 Å². The van der Waals surface area contributed by atoms with Crippen LogP contribution in [-0.2, 0) is 0 Å². The van der Waals surface area contributed by atoms with Crippen LogP contribution in [0.15, 0.2) is 24.4 Å². The van der Waals surface area contributed by atoms with E-state index in [1.807, 2.05) is 11.3 Å².